The second kappa shape index (κ2) is 11.0. The van der Waals surface area contributed by atoms with Crippen LogP contribution in [-0.2, 0) is 14.8 Å². The van der Waals surface area contributed by atoms with Crippen molar-refractivity contribution in [2.75, 3.05) is 10.8 Å². The Labute approximate surface area is 217 Å². The Balaban J connectivity index is 1.69. The zero-order valence-corrected chi connectivity index (χ0v) is 21.6. The Kier molecular flexibility index (Phi) is 7.77. The molecule has 4 rings (SSSR count). The van der Waals surface area contributed by atoms with Gasteiger partial charge in [-0.15, -0.1) is 0 Å². The molecule has 0 saturated heterocycles. The molecular formula is C29H27ClN2O3S. The first-order chi connectivity index (χ1) is 17.3. The average molecular weight is 519 g/mol. The van der Waals surface area contributed by atoms with E-state index in [9.17, 15) is 13.2 Å². The largest absolute Gasteiger partial charge is 0.344 e. The highest BCUT2D eigenvalue weighted by Crippen LogP contribution is 2.28. The van der Waals surface area contributed by atoms with Gasteiger partial charge in [-0.1, -0.05) is 90.0 Å². The van der Waals surface area contributed by atoms with Crippen molar-refractivity contribution in [3.8, 4) is 0 Å². The van der Waals surface area contributed by atoms with Crippen molar-refractivity contribution < 1.29 is 13.2 Å². The predicted molar refractivity (Wildman–Crippen MR) is 145 cm³/mol. The average Bonchev–Trinajstić information content (AvgIpc) is 2.88. The van der Waals surface area contributed by atoms with Crippen LogP contribution in [0.3, 0.4) is 0 Å². The van der Waals surface area contributed by atoms with Crippen LogP contribution in [0.1, 0.15) is 28.3 Å². The van der Waals surface area contributed by atoms with Crippen molar-refractivity contribution in [2.24, 2.45) is 0 Å². The molecule has 5 nitrogen and oxygen atoms in total. The molecule has 0 aromatic heterocycles. The van der Waals surface area contributed by atoms with Crippen molar-refractivity contribution in [1.82, 2.24) is 5.32 Å². The zero-order chi connectivity index (χ0) is 25.7. The first-order valence-corrected chi connectivity index (χ1v) is 13.3. The van der Waals surface area contributed by atoms with Crippen molar-refractivity contribution in [1.29, 1.82) is 0 Å². The summed E-state index contributed by atoms with van der Waals surface area (Å²) in [6.07, 6.45) is 0. The number of rotatable bonds is 8. The Hall–Kier alpha value is -3.61. The molecule has 0 radical (unpaired) electrons. The Morgan fingerprint density at radius 1 is 0.806 bits per heavy atom. The van der Waals surface area contributed by atoms with Gasteiger partial charge >= 0.3 is 0 Å². The summed E-state index contributed by atoms with van der Waals surface area (Å²) in [7, 11) is -4.05. The van der Waals surface area contributed by atoms with Crippen LogP contribution in [0.15, 0.2) is 108 Å². The van der Waals surface area contributed by atoms with E-state index in [2.05, 4.69) is 5.32 Å². The van der Waals surface area contributed by atoms with E-state index in [1.165, 1.54) is 24.3 Å². The molecule has 1 amide bonds. The van der Waals surface area contributed by atoms with Gasteiger partial charge in [-0.05, 0) is 60.9 Å². The van der Waals surface area contributed by atoms with Crippen LogP contribution in [0.2, 0.25) is 5.02 Å². The van der Waals surface area contributed by atoms with Crippen LogP contribution in [0.4, 0.5) is 5.69 Å². The van der Waals surface area contributed by atoms with Gasteiger partial charge in [0.15, 0.2) is 0 Å². The molecule has 36 heavy (non-hydrogen) atoms. The second-order valence-corrected chi connectivity index (χ2v) is 10.9. The number of nitrogens with one attached hydrogen (secondary N) is 1. The van der Waals surface area contributed by atoms with Gasteiger partial charge in [0.1, 0.15) is 6.54 Å². The van der Waals surface area contributed by atoms with Crippen LogP contribution < -0.4 is 9.62 Å². The number of benzene rings is 4. The number of hydrogen-bond donors (Lipinski definition) is 1. The standard InChI is InChI=1S/C29H27ClN2O3S/c1-21-12-14-24(15-13-21)29(23-9-4-3-5-10-23)31-28(33)20-32(27-11-7-6-8-22(27)2)36(34,35)26-18-16-25(30)17-19-26/h3-19,29H,20H2,1-2H3,(H,31,33)/t29-/m1/s1. The van der Waals surface area contributed by atoms with Crippen molar-refractivity contribution in [3.63, 3.8) is 0 Å². The molecule has 0 spiro atoms. The summed E-state index contributed by atoms with van der Waals surface area (Å²) in [5.74, 6) is -0.426. The van der Waals surface area contributed by atoms with E-state index in [0.717, 1.165) is 26.6 Å². The molecule has 0 fully saturated rings. The number of para-hydroxylation sites is 1. The summed E-state index contributed by atoms with van der Waals surface area (Å²) in [5.41, 5.74) is 4.09. The van der Waals surface area contributed by atoms with Gasteiger partial charge < -0.3 is 5.32 Å². The minimum Gasteiger partial charge on any atom is -0.344 e. The lowest BCUT2D eigenvalue weighted by Crippen LogP contribution is -2.42. The normalized spacial score (nSPS) is 12.1. The fourth-order valence-electron chi connectivity index (χ4n) is 3.98. The summed E-state index contributed by atoms with van der Waals surface area (Å²) in [6, 6.07) is 30.1. The molecule has 0 unspecified atom stereocenters. The minimum absolute atomic E-state index is 0.0566. The Morgan fingerprint density at radius 3 is 2.03 bits per heavy atom. The maximum absolute atomic E-state index is 13.7. The predicted octanol–water partition coefficient (Wildman–Crippen LogP) is 6.06. The van der Waals surface area contributed by atoms with Crippen molar-refractivity contribution in [3.05, 3.63) is 130 Å². The van der Waals surface area contributed by atoms with Gasteiger partial charge in [-0.3, -0.25) is 9.10 Å². The summed E-state index contributed by atoms with van der Waals surface area (Å²) < 4.78 is 28.5. The maximum Gasteiger partial charge on any atom is 0.264 e. The minimum atomic E-state index is -4.05. The van der Waals surface area contributed by atoms with E-state index >= 15 is 0 Å². The summed E-state index contributed by atoms with van der Waals surface area (Å²) >= 11 is 5.98. The number of hydrogen-bond acceptors (Lipinski definition) is 3. The number of aryl methyl sites for hydroxylation is 2. The van der Waals surface area contributed by atoms with Crippen LogP contribution >= 0.6 is 11.6 Å². The van der Waals surface area contributed by atoms with Gasteiger partial charge in [0.25, 0.3) is 10.0 Å². The zero-order valence-electron chi connectivity index (χ0n) is 20.1. The molecule has 4 aromatic carbocycles. The number of carbonyl (C=O) groups is 1. The van der Waals surface area contributed by atoms with E-state index in [1.54, 1.807) is 12.1 Å². The van der Waals surface area contributed by atoms with E-state index in [1.807, 2.05) is 80.6 Å². The monoisotopic (exact) mass is 518 g/mol. The molecule has 0 saturated carbocycles. The lowest BCUT2D eigenvalue weighted by molar-refractivity contribution is -0.120. The number of amides is 1. The fraction of sp³-hybridized carbons (Fsp3) is 0.138. The van der Waals surface area contributed by atoms with E-state index in [-0.39, 0.29) is 11.4 Å². The molecule has 184 valence electrons. The molecule has 0 aliphatic rings. The van der Waals surface area contributed by atoms with Gasteiger partial charge in [-0.25, -0.2) is 8.42 Å². The number of nitrogens with zero attached hydrogens (tertiary/aromatic N) is 1. The number of carbonyl (C=O) groups excluding carboxylic acids is 1. The summed E-state index contributed by atoms with van der Waals surface area (Å²) in [4.78, 5) is 13.5. The Morgan fingerprint density at radius 2 is 1.39 bits per heavy atom. The SMILES string of the molecule is Cc1ccc([C@H](NC(=O)CN(c2ccccc2C)S(=O)(=O)c2ccc(Cl)cc2)c2ccccc2)cc1. The highest BCUT2D eigenvalue weighted by molar-refractivity contribution is 7.92. The quantitative estimate of drug-likeness (QED) is 0.308. The molecule has 1 N–H and O–H groups in total. The van der Waals surface area contributed by atoms with Crippen LogP contribution in [-0.4, -0.2) is 20.9 Å². The summed E-state index contributed by atoms with van der Waals surface area (Å²) in [6.45, 7) is 3.43. The summed E-state index contributed by atoms with van der Waals surface area (Å²) in [5, 5.41) is 3.48. The molecular weight excluding hydrogens is 492 g/mol. The van der Waals surface area contributed by atoms with Gasteiger partial charge in [0, 0.05) is 5.02 Å². The van der Waals surface area contributed by atoms with Gasteiger partial charge in [-0.2, -0.15) is 0 Å². The van der Waals surface area contributed by atoms with Crippen LogP contribution in [0.5, 0.6) is 0 Å². The topological polar surface area (TPSA) is 66.5 Å². The third-order valence-electron chi connectivity index (χ3n) is 5.92. The molecule has 0 aliphatic heterocycles. The first kappa shape index (κ1) is 25.5. The van der Waals surface area contributed by atoms with Crippen LogP contribution in [0, 0.1) is 13.8 Å². The van der Waals surface area contributed by atoms with E-state index in [4.69, 9.17) is 11.6 Å². The van der Waals surface area contributed by atoms with E-state index in [0.29, 0.717) is 10.7 Å². The number of anilines is 1. The van der Waals surface area contributed by atoms with Gasteiger partial charge in [0.05, 0.1) is 16.6 Å². The molecule has 0 heterocycles. The third-order valence-corrected chi connectivity index (χ3v) is 7.95. The maximum atomic E-state index is 13.7. The first-order valence-electron chi connectivity index (χ1n) is 11.5. The third kappa shape index (κ3) is 5.78. The molecule has 1 atom stereocenters. The lowest BCUT2D eigenvalue weighted by Gasteiger charge is -2.27. The van der Waals surface area contributed by atoms with Crippen molar-refractivity contribution in [2.45, 2.75) is 24.8 Å². The number of halogens is 1. The Bertz CT molecular complexity index is 1440. The molecule has 4 aromatic rings. The van der Waals surface area contributed by atoms with E-state index < -0.39 is 22.0 Å². The number of sulfonamides is 1. The highest BCUT2D eigenvalue weighted by Gasteiger charge is 2.29. The van der Waals surface area contributed by atoms with Gasteiger partial charge in [0.2, 0.25) is 5.91 Å². The molecule has 0 bridgehead atoms. The molecule has 7 heteroatoms. The smallest absolute Gasteiger partial charge is 0.264 e. The second-order valence-electron chi connectivity index (χ2n) is 8.57. The highest BCUT2D eigenvalue weighted by atomic mass is 35.5. The fourth-order valence-corrected chi connectivity index (χ4v) is 5.59. The lowest BCUT2D eigenvalue weighted by atomic mass is 9.98. The molecule has 0 aliphatic carbocycles. The van der Waals surface area contributed by atoms with Crippen molar-refractivity contribution >= 4 is 33.2 Å². The van der Waals surface area contributed by atoms with Crippen LogP contribution in [0.25, 0.3) is 0 Å².